The van der Waals surface area contributed by atoms with E-state index < -0.39 is 0 Å². The summed E-state index contributed by atoms with van der Waals surface area (Å²) in [6, 6.07) is 1.83. The third-order valence-corrected chi connectivity index (χ3v) is 1.89. The van der Waals surface area contributed by atoms with E-state index in [0.717, 1.165) is 16.9 Å². The van der Waals surface area contributed by atoms with E-state index in [0.29, 0.717) is 5.88 Å². The molecule has 0 aromatic carbocycles. The molecule has 0 spiro atoms. The number of anilines is 1. The molecule has 0 fully saturated rings. The summed E-state index contributed by atoms with van der Waals surface area (Å²) in [4.78, 5) is 4.04. The Morgan fingerprint density at radius 3 is 2.92 bits per heavy atom. The monoisotopic (exact) mass is 186 g/mol. The van der Waals surface area contributed by atoms with Crippen LogP contribution in [0.1, 0.15) is 11.3 Å². The largest absolute Gasteiger partial charge is 0.392 e. The molecule has 1 aromatic rings. The zero-order valence-corrected chi connectivity index (χ0v) is 7.60. The molecule has 0 atom stereocenters. The van der Waals surface area contributed by atoms with E-state index in [1.54, 1.807) is 13.2 Å². The number of nitrogens with zero attached hydrogens (tertiary/aromatic N) is 1. The highest BCUT2D eigenvalue weighted by atomic mass is 35.5. The van der Waals surface area contributed by atoms with Gasteiger partial charge in [-0.05, 0) is 6.07 Å². The number of aliphatic hydroxyl groups is 1. The highest BCUT2D eigenvalue weighted by Crippen LogP contribution is 2.15. The number of rotatable bonds is 3. The lowest BCUT2D eigenvalue weighted by Crippen LogP contribution is -1.98. The van der Waals surface area contributed by atoms with Crippen molar-refractivity contribution in [3.05, 3.63) is 23.5 Å². The molecule has 0 aliphatic rings. The molecule has 1 rings (SSSR count). The SMILES string of the molecule is CNc1cc(CCl)ncc1CO. The van der Waals surface area contributed by atoms with Crippen molar-refractivity contribution >= 4 is 17.3 Å². The lowest BCUT2D eigenvalue weighted by atomic mass is 10.2. The molecule has 3 nitrogen and oxygen atoms in total. The van der Waals surface area contributed by atoms with E-state index in [2.05, 4.69) is 10.3 Å². The van der Waals surface area contributed by atoms with Crippen molar-refractivity contribution in [2.45, 2.75) is 12.5 Å². The number of aromatic nitrogens is 1. The maximum atomic E-state index is 8.90. The number of hydrogen-bond donors (Lipinski definition) is 2. The average Bonchev–Trinajstić information content (AvgIpc) is 2.16. The number of nitrogens with one attached hydrogen (secondary N) is 1. The van der Waals surface area contributed by atoms with E-state index in [1.807, 2.05) is 6.07 Å². The summed E-state index contributed by atoms with van der Waals surface area (Å²) in [5.41, 5.74) is 2.47. The first-order valence-corrected chi connectivity index (χ1v) is 4.17. The topological polar surface area (TPSA) is 45.2 Å². The van der Waals surface area contributed by atoms with Gasteiger partial charge < -0.3 is 10.4 Å². The van der Waals surface area contributed by atoms with Gasteiger partial charge in [-0.1, -0.05) is 0 Å². The lowest BCUT2D eigenvalue weighted by Gasteiger charge is -2.06. The molecule has 0 unspecified atom stereocenters. The first-order chi connectivity index (χ1) is 5.81. The number of aliphatic hydroxyl groups excluding tert-OH is 1. The van der Waals surface area contributed by atoms with Crippen molar-refractivity contribution in [3.63, 3.8) is 0 Å². The fourth-order valence-corrected chi connectivity index (χ4v) is 1.10. The van der Waals surface area contributed by atoms with Crippen molar-refractivity contribution in [2.75, 3.05) is 12.4 Å². The molecule has 4 heteroatoms. The van der Waals surface area contributed by atoms with Gasteiger partial charge in [0.05, 0.1) is 18.2 Å². The summed E-state index contributed by atoms with van der Waals surface area (Å²) >= 11 is 5.60. The van der Waals surface area contributed by atoms with Gasteiger partial charge in [-0.25, -0.2) is 0 Å². The minimum atomic E-state index is -0.00820. The van der Waals surface area contributed by atoms with Gasteiger partial charge in [-0.15, -0.1) is 11.6 Å². The predicted molar refractivity (Wildman–Crippen MR) is 49.3 cm³/mol. The molecule has 2 N–H and O–H groups in total. The Balaban J connectivity index is 3.02. The predicted octanol–water partition coefficient (Wildman–Crippen LogP) is 1.35. The second kappa shape index (κ2) is 4.28. The Hall–Kier alpha value is -0.800. The van der Waals surface area contributed by atoms with Crippen molar-refractivity contribution in [3.8, 4) is 0 Å². The zero-order valence-electron chi connectivity index (χ0n) is 6.84. The van der Waals surface area contributed by atoms with Gasteiger partial charge in [0.25, 0.3) is 0 Å². The molecule has 1 heterocycles. The third kappa shape index (κ3) is 1.87. The normalized spacial score (nSPS) is 9.92. The Bertz CT molecular complexity index is 265. The molecule has 0 radical (unpaired) electrons. The van der Waals surface area contributed by atoms with Crippen LogP contribution >= 0.6 is 11.6 Å². The van der Waals surface area contributed by atoms with Crippen LogP contribution in [-0.2, 0) is 12.5 Å². The number of halogens is 1. The fourth-order valence-electron chi connectivity index (χ4n) is 0.959. The quantitative estimate of drug-likeness (QED) is 0.701. The molecule has 1 aromatic heterocycles. The molecular weight excluding hydrogens is 176 g/mol. The van der Waals surface area contributed by atoms with Gasteiger partial charge in [0.2, 0.25) is 0 Å². The highest BCUT2D eigenvalue weighted by molar-refractivity contribution is 6.16. The minimum Gasteiger partial charge on any atom is -0.392 e. The maximum absolute atomic E-state index is 8.90. The Morgan fingerprint density at radius 1 is 1.67 bits per heavy atom. The summed E-state index contributed by atoms with van der Waals surface area (Å²) in [5, 5.41) is 11.9. The summed E-state index contributed by atoms with van der Waals surface area (Å²) in [6.07, 6.45) is 1.63. The molecule has 0 aliphatic heterocycles. The Kier molecular flexibility index (Phi) is 3.31. The van der Waals surface area contributed by atoms with Crippen LogP contribution in [0, 0.1) is 0 Å². The zero-order chi connectivity index (χ0) is 8.97. The first kappa shape index (κ1) is 9.29. The van der Waals surface area contributed by atoms with Crippen LogP contribution in [0.5, 0.6) is 0 Å². The van der Waals surface area contributed by atoms with E-state index in [4.69, 9.17) is 16.7 Å². The van der Waals surface area contributed by atoms with Crippen LogP contribution in [0.25, 0.3) is 0 Å². The molecule has 66 valence electrons. The maximum Gasteiger partial charge on any atom is 0.0717 e. The third-order valence-electron chi connectivity index (χ3n) is 1.62. The summed E-state index contributed by atoms with van der Waals surface area (Å²) in [6.45, 7) is -0.00820. The molecular formula is C8H11ClN2O. The van der Waals surface area contributed by atoms with Crippen LogP contribution in [0.2, 0.25) is 0 Å². The van der Waals surface area contributed by atoms with Crippen LogP contribution in [0.3, 0.4) is 0 Å². The van der Waals surface area contributed by atoms with Crippen LogP contribution in [0.4, 0.5) is 5.69 Å². The van der Waals surface area contributed by atoms with E-state index in [-0.39, 0.29) is 6.61 Å². The second-order valence-corrected chi connectivity index (χ2v) is 2.64. The van der Waals surface area contributed by atoms with E-state index in [9.17, 15) is 0 Å². The van der Waals surface area contributed by atoms with Crippen LogP contribution < -0.4 is 5.32 Å². The van der Waals surface area contributed by atoms with Crippen LogP contribution in [-0.4, -0.2) is 17.1 Å². The van der Waals surface area contributed by atoms with Crippen molar-refractivity contribution < 1.29 is 5.11 Å². The highest BCUT2D eigenvalue weighted by Gasteiger charge is 2.01. The number of hydrogen-bond acceptors (Lipinski definition) is 3. The Labute approximate surface area is 76.4 Å². The van der Waals surface area contributed by atoms with Crippen molar-refractivity contribution in [1.29, 1.82) is 0 Å². The van der Waals surface area contributed by atoms with Gasteiger partial charge >= 0.3 is 0 Å². The smallest absolute Gasteiger partial charge is 0.0717 e. The van der Waals surface area contributed by atoms with E-state index >= 15 is 0 Å². The molecule has 0 amide bonds. The molecule has 0 aliphatic carbocycles. The van der Waals surface area contributed by atoms with Gasteiger partial charge in [-0.3, -0.25) is 4.98 Å². The number of alkyl halides is 1. The van der Waals surface area contributed by atoms with Gasteiger partial charge in [-0.2, -0.15) is 0 Å². The molecule has 12 heavy (non-hydrogen) atoms. The standard InChI is InChI=1S/C8H11ClN2O/c1-10-8-2-7(3-9)11-4-6(8)5-12/h2,4,12H,3,5H2,1H3,(H,10,11). The number of pyridine rings is 1. The molecule has 0 saturated heterocycles. The summed E-state index contributed by atoms with van der Waals surface area (Å²) in [5.74, 6) is 0.389. The first-order valence-electron chi connectivity index (χ1n) is 3.64. The lowest BCUT2D eigenvalue weighted by molar-refractivity contribution is 0.282. The van der Waals surface area contributed by atoms with Crippen molar-refractivity contribution in [1.82, 2.24) is 4.98 Å². The molecule has 0 bridgehead atoms. The average molecular weight is 187 g/mol. The van der Waals surface area contributed by atoms with Gasteiger partial charge in [0.1, 0.15) is 0 Å². The second-order valence-electron chi connectivity index (χ2n) is 2.37. The minimum absolute atomic E-state index is 0.00820. The van der Waals surface area contributed by atoms with Crippen molar-refractivity contribution in [2.24, 2.45) is 0 Å². The van der Waals surface area contributed by atoms with E-state index in [1.165, 1.54) is 0 Å². The Morgan fingerprint density at radius 2 is 2.42 bits per heavy atom. The molecule has 0 saturated carbocycles. The fraction of sp³-hybridized carbons (Fsp3) is 0.375. The van der Waals surface area contributed by atoms with Crippen LogP contribution in [0.15, 0.2) is 12.3 Å². The summed E-state index contributed by atoms with van der Waals surface area (Å²) in [7, 11) is 1.80. The van der Waals surface area contributed by atoms with Gasteiger partial charge in [0.15, 0.2) is 0 Å². The van der Waals surface area contributed by atoms with Gasteiger partial charge in [0, 0.05) is 24.5 Å². The summed E-state index contributed by atoms with van der Waals surface area (Å²) < 4.78 is 0.